The molecule has 1 aliphatic heterocycles. The fourth-order valence-electron chi connectivity index (χ4n) is 3.45. The van der Waals surface area contributed by atoms with Crippen molar-refractivity contribution in [2.75, 3.05) is 40.3 Å². The first-order chi connectivity index (χ1) is 8.20. The van der Waals surface area contributed by atoms with E-state index in [0.29, 0.717) is 6.04 Å². The average Bonchev–Trinajstić information content (AvgIpc) is 2.23. The largest absolute Gasteiger partial charge is 0.329 e. The van der Waals surface area contributed by atoms with Crippen molar-refractivity contribution in [3.8, 4) is 0 Å². The van der Waals surface area contributed by atoms with E-state index in [4.69, 9.17) is 5.73 Å². The molecule has 3 nitrogen and oxygen atoms in total. The van der Waals surface area contributed by atoms with Gasteiger partial charge >= 0.3 is 0 Å². The maximum absolute atomic E-state index is 5.98. The molecule has 2 N–H and O–H groups in total. The van der Waals surface area contributed by atoms with Crippen LogP contribution in [0.5, 0.6) is 0 Å². The second kappa shape index (κ2) is 6.17. The molecule has 1 aliphatic carbocycles. The molecule has 0 spiro atoms. The smallest absolute Gasteiger partial charge is 0.0246 e. The zero-order valence-corrected chi connectivity index (χ0v) is 11.6. The summed E-state index contributed by atoms with van der Waals surface area (Å²) < 4.78 is 0. The van der Waals surface area contributed by atoms with Crippen LogP contribution < -0.4 is 5.73 Å². The highest BCUT2D eigenvalue weighted by atomic mass is 15.2. The first-order valence-corrected chi connectivity index (χ1v) is 7.29. The number of hydrogen-bond acceptors (Lipinski definition) is 3. The molecule has 1 unspecified atom stereocenters. The van der Waals surface area contributed by atoms with Crippen molar-refractivity contribution in [3.63, 3.8) is 0 Å². The van der Waals surface area contributed by atoms with Gasteiger partial charge < -0.3 is 10.6 Å². The molecule has 1 saturated heterocycles. The molecule has 0 aromatic rings. The minimum atomic E-state index is 0.684. The van der Waals surface area contributed by atoms with Crippen molar-refractivity contribution >= 4 is 0 Å². The lowest BCUT2D eigenvalue weighted by molar-refractivity contribution is 0.0631. The van der Waals surface area contributed by atoms with E-state index in [2.05, 4.69) is 23.9 Å². The van der Waals surface area contributed by atoms with Gasteiger partial charge in [0.15, 0.2) is 0 Å². The Hall–Kier alpha value is -0.120. The Balaban J connectivity index is 1.76. The Morgan fingerprint density at radius 3 is 2.24 bits per heavy atom. The van der Waals surface area contributed by atoms with Gasteiger partial charge in [0, 0.05) is 19.1 Å². The van der Waals surface area contributed by atoms with Crippen molar-refractivity contribution in [1.82, 2.24) is 9.80 Å². The molecule has 0 amide bonds. The second-order valence-electron chi connectivity index (χ2n) is 6.24. The van der Waals surface area contributed by atoms with Gasteiger partial charge in [-0.3, -0.25) is 4.90 Å². The van der Waals surface area contributed by atoms with E-state index in [-0.39, 0.29) is 0 Å². The summed E-state index contributed by atoms with van der Waals surface area (Å²) in [7, 11) is 4.37. The Kier molecular flexibility index (Phi) is 4.83. The molecule has 0 bridgehead atoms. The van der Waals surface area contributed by atoms with Crippen LogP contribution in [-0.2, 0) is 0 Å². The summed E-state index contributed by atoms with van der Waals surface area (Å²) in [6.07, 6.45) is 6.99. The Morgan fingerprint density at radius 1 is 1.18 bits per heavy atom. The van der Waals surface area contributed by atoms with Gasteiger partial charge in [-0.15, -0.1) is 0 Å². The lowest BCUT2D eigenvalue weighted by Gasteiger charge is -2.44. The molecule has 17 heavy (non-hydrogen) atoms. The SMILES string of the molecule is CN(C)CC1CCN(C(CN)C2CCC2)CC1. The van der Waals surface area contributed by atoms with Gasteiger partial charge in [-0.2, -0.15) is 0 Å². The number of nitrogens with zero attached hydrogens (tertiary/aromatic N) is 2. The number of nitrogens with two attached hydrogens (primary N) is 1. The van der Waals surface area contributed by atoms with Gasteiger partial charge in [0.1, 0.15) is 0 Å². The summed E-state index contributed by atoms with van der Waals surface area (Å²) in [5.74, 6) is 1.81. The molecular weight excluding hydrogens is 210 g/mol. The molecule has 1 saturated carbocycles. The summed E-state index contributed by atoms with van der Waals surface area (Å²) in [6.45, 7) is 4.67. The van der Waals surface area contributed by atoms with E-state index >= 15 is 0 Å². The zero-order chi connectivity index (χ0) is 12.3. The molecule has 2 aliphatic rings. The van der Waals surface area contributed by atoms with Gasteiger partial charge in [-0.1, -0.05) is 6.42 Å². The first kappa shape index (κ1) is 13.3. The van der Waals surface area contributed by atoms with Crippen LogP contribution >= 0.6 is 0 Å². The fourth-order valence-corrected chi connectivity index (χ4v) is 3.45. The van der Waals surface area contributed by atoms with Crippen molar-refractivity contribution in [2.24, 2.45) is 17.6 Å². The van der Waals surface area contributed by atoms with Crippen LogP contribution in [0.4, 0.5) is 0 Å². The van der Waals surface area contributed by atoms with Crippen molar-refractivity contribution < 1.29 is 0 Å². The van der Waals surface area contributed by atoms with E-state index in [1.807, 2.05) is 0 Å². The van der Waals surface area contributed by atoms with Crippen molar-refractivity contribution in [2.45, 2.75) is 38.1 Å². The van der Waals surface area contributed by atoms with Gasteiger partial charge in [-0.05, 0) is 64.7 Å². The molecule has 0 aromatic carbocycles. The standard InChI is InChI=1S/C14H29N3/c1-16(2)11-12-6-8-17(9-7-12)14(10-15)13-4-3-5-13/h12-14H,3-11,15H2,1-2H3. The summed E-state index contributed by atoms with van der Waals surface area (Å²) >= 11 is 0. The second-order valence-corrected chi connectivity index (χ2v) is 6.24. The molecule has 0 aromatic heterocycles. The summed E-state index contributed by atoms with van der Waals surface area (Å²) in [5, 5.41) is 0. The van der Waals surface area contributed by atoms with Crippen LogP contribution in [0.15, 0.2) is 0 Å². The van der Waals surface area contributed by atoms with E-state index < -0.39 is 0 Å². The van der Waals surface area contributed by atoms with Gasteiger partial charge in [-0.25, -0.2) is 0 Å². The number of piperidine rings is 1. The molecule has 1 atom stereocenters. The third-order valence-electron chi connectivity index (χ3n) is 4.68. The lowest BCUT2D eigenvalue weighted by atomic mass is 9.78. The first-order valence-electron chi connectivity index (χ1n) is 7.29. The highest BCUT2D eigenvalue weighted by Gasteiger charge is 2.32. The summed E-state index contributed by atoms with van der Waals surface area (Å²) in [5.41, 5.74) is 5.98. The molecule has 2 fully saturated rings. The molecule has 1 heterocycles. The molecule has 0 radical (unpaired) electrons. The van der Waals surface area contributed by atoms with Crippen LogP contribution in [0, 0.1) is 11.8 Å². The maximum atomic E-state index is 5.98. The van der Waals surface area contributed by atoms with Gasteiger partial charge in [0.25, 0.3) is 0 Å². The normalized spacial score (nSPS) is 26.1. The van der Waals surface area contributed by atoms with Crippen molar-refractivity contribution in [3.05, 3.63) is 0 Å². The number of hydrogen-bond donors (Lipinski definition) is 1. The third kappa shape index (κ3) is 3.43. The molecule has 2 rings (SSSR count). The van der Waals surface area contributed by atoms with E-state index in [1.54, 1.807) is 0 Å². The number of likely N-dealkylation sites (tertiary alicyclic amines) is 1. The van der Waals surface area contributed by atoms with Crippen LogP contribution in [0.3, 0.4) is 0 Å². The van der Waals surface area contributed by atoms with E-state index in [9.17, 15) is 0 Å². The van der Waals surface area contributed by atoms with Gasteiger partial charge in [0.2, 0.25) is 0 Å². The van der Waals surface area contributed by atoms with E-state index in [0.717, 1.165) is 18.4 Å². The Morgan fingerprint density at radius 2 is 1.82 bits per heavy atom. The Bertz CT molecular complexity index is 218. The van der Waals surface area contributed by atoms with Crippen LogP contribution in [0.25, 0.3) is 0 Å². The zero-order valence-electron chi connectivity index (χ0n) is 11.6. The summed E-state index contributed by atoms with van der Waals surface area (Å²) in [6, 6.07) is 0.684. The monoisotopic (exact) mass is 239 g/mol. The summed E-state index contributed by atoms with van der Waals surface area (Å²) in [4.78, 5) is 5.00. The van der Waals surface area contributed by atoms with Gasteiger partial charge in [0.05, 0.1) is 0 Å². The van der Waals surface area contributed by atoms with Crippen molar-refractivity contribution in [1.29, 1.82) is 0 Å². The minimum absolute atomic E-state index is 0.684. The van der Waals surface area contributed by atoms with Crippen LogP contribution in [-0.4, -0.2) is 56.1 Å². The predicted molar refractivity (Wildman–Crippen MR) is 73.0 cm³/mol. The average molecular weight is 239 g/mol. The number of rotatable bonds is 5. The fraction of sp³-hybridized carbons (Fsp3) is 1.00. The molecule has 100 valence electrons. The predicted octanol–water partition coefficient (Wildman–Crippen LogP) is 1.39. The molecular formula is C14H29N3. The highest BCUT2D eigenvalue weighted by molar-refractivity contribution is 4.88. The Labute approximate surface area is 106 Å². The molecule has 3 heteroatoms. The maximum Gasteiger partial charge on any atom is 0.0246 e. The van der Waals surface area contributed by atoms with Crippen LogP contribution in [0.2, 0.25) is 0 Å². The highest BCUT2D eigenvalue weighted by Crippen LogP contribution is 2.33. The quantitative estimate of drug-likeness (QED) is 0.787. The van der Waals surface area contributed by atoms with E-state index in [1.165, 1.54) is 51.7 Å². The third-order valence-corrected chi connectivity index (χ3v) is 4.68. The van der Waals surface area contributed by atoms with Crippen LogP contribution in [0.1, 0.15) is 32.1 Å². The topological polar surface area (TPSA) is 32.5 Å². The lowest BCUT2D eigenvalue weighted by Crippen LogP contribution is -2.51. The minimum Gasteiger partial charge on any atom is -0.329 e.